The molecule has 0 unspecified atom stereocenters. The maximum absolute atomic E-state index is 11.7. The standard InChI is InChI=1S/C23H34O11/c1-13(25)32-19-10-16(8-15(26)9-20(27)28)34-23(30,22(19,2)3)11-17-5-14(7-21(29)31-4)6-18(12-24)33-17/h7,12,15-19,26,30H,5-6,8-11H2,1-4H3,(H,27,28)/b14-7-/t15-,16-,17+,18-,19+,23+/m1/s1. The molecule has 3 N–H and O–H groups in total. The van der Waals surface area contributed by atoms with E-state index in [0.29, 0.717) is 11.9 Å². The molecule has 2 aliphatic heterocycles. The van der Waals surface area contributed by atoms with Crippen LogP contribution in [-0.2, 0) is 38.1 Å². The van der Waals surface area contributed by atoms with Gasteiger partial charge in [-0.25, -0.2) is 4.79 Å². The molecule has 0 bridgehead atoms. The lowest BCUT2D eigenvalue weighted by molar-refractivity contribution is -0.348. The van der Waals surface area contributed by atoms with Gasteiger partial charge in [0.2, 0.25) is 0 Å². The first-order valence-corrected chi connectivity index (χ1v) is 11.1. The summed E-state index contributed by atoms with van der Waals surface area (Å²) in [7, 11) is 1.24. The Kier molecular flexibility index (Phi) is 9.35. The van der Waals surface area contributed by atoms with Crippen molar-refractivity contribution < 1.29 is 53.4 Å². The number of aldehydes is 1. The molecular weight excluding hydrogens is 452 g/mol. The fraction of sp³-hybridized carbons (Fsp3) is 0.739. The first-order chi connectivity index (χ1) is 15.8. The van der Waals surface area contributed by atoms with Crippen molar-refractivity contribution in [1.82, 2.24) is 0 Å². The monoisotopic (exact) mass is 486 g/mol. The van der Waals surface area contributed by atoms with Gasteiger partial charge in [-0.15, -0.1) is 0 Å². The minimum Gasteiger partial charge on any atom is -0.481 e. The van der Waals surface area contributed by atoms with E-state index in [4.69, 9.17) is 19.3 Å². The Hall–Kier alpha value is -2.34. The summed E-state index contributed by atoms with van der Waals surface area (Å²) in [5.74, 6) is -4.25. The summed E-state index contributed by atoms with van der Waals surface area (Å²) in [6, 6.07) is 0. The van der Waals surface area contributed by atoms with E-state index < -0.39 is 66.1 Å². The van der Waals surface area contributed by atoms with Crippen LogP contribution in [-0.4, -0.2) is 82.9 Å². The van der Waals surface area contributed by atoms with Crippen molar-refractivity contribution in [2.75, 3.05) is 7.11 Å². The third-order valence-corrected chi connectivity index (χ3v) is 6.40. The minimum absolute atomic E-state index is 0.0988. The molecule has 0 saturated carbocycles. The Morgan fingerprint density at radius 1 is 1.24 bits per heavy atom. The van der Waals surface area contributed by atoms with Crippen molar-refractivity contribution in [3.05, 3.63) is 11.6 Å². The van der Waals surface area contributed by atoms with Crippen molar-refractivity contribution in [1.29, 1.82) is 0 Å². The third-order valence-electron chi connectivity index (χ3n) is 6.40. The number of hydrogen-bond acceptors (Lipinski definition) is 10. The van der Waals surface area contributed by atoms with E-state index >= 15 is 0 Å². The van der Waals surface area contributed by atoms with Gasteiger partial charge in [-0.3, -0.25) is 9.59 Å². The highest BCUT2D eigenvalue weighted by Gasteiger charge is 2.57. The molecule has 34 heavy (non-hydrogen) atoms. The molecule has 0 radical (unpaired) electrons. The van der Waals surface area contributed by atoms with Gasteiger partial charge in [-0.2, -0.15) is 0 Å². The van der Waals surface area contributed by atoms with Gasteiger partial charge < -0.3 is 39.1 Å². The van der Waals surface area contributed by atoms with Gasteiger partial charge in [0.1, 0.15) is 18.5 Å². The Morgan fingerprint density at radius 3 is 2.47 bits per heavy atom. The first kappa shape index (κ1) is 27.9. The number of carboxylic acid groups (broad SMARTS) is 1. The molecule has 2 heterocycles. The molecule has 6 atom stereocenters. The van der Waals surface area contributed by atoms with E-state index in [1.807, 2.05) is 0 Å². The van der Waals surface area contributed by atoms with Crippen molar-refractivity contribution in [2.45, 2.75) is 95.6 Å². The molecule has 11 heteroatoms. The van der Waals surface area contributed by atoms with Crippen molar-refractivity contribution in [3.8, 4) is 0 Å². The molecule has 0 aromatic carbocycles. The highest BCUT2D eigenvalue weighted by Crippen LogP contribution is 2.48. The Morgan fingerprint density at radius 2 is 1.91 bits per heavy atom. The van der Waals surface area contributed by atoms with Crippen LogP contribution < -0.4 is 0 Å². The molecule has 192 valence electrons. The molecule has 0 amide bonds. The predicted molar refractivity (Wildman–Crippen MR) is 115 cm³/mol. The molecule has 0 aromatic rings. The number of aliphatic carboxylic acids is 1. The maximum Gasteiger partial charge on any atom is 0.330 e. The average Bonchev–Trinajstić information content (AvgIpc) is 2.70. The molecule has 2 rings (SSSR count). The summed E-state index contributed by atoms with van der Waals surface area (Å²) in [5, 5.41) is 30.7. The Balaban J connectivity index is 2.30. The Bertz CT molecular complexity index is 805. The fourth-order valence-corrected chi connectivity index (χ4v) is 4.53. The number of ether oxygens (including phenoxy) is 4. The number of rotatable bonds is 9. The summed E-state index contributed by atoms with van der Waals surface area (Å²) in [5.41, 5.74) is -0.515. The molecule has 0 aliphatic carbocycles. The quantitative estimate of drug-likeness (QED) is 0.240. The zero-order valence-corrected chi connectivity index (χ0v) is 19.9. The van der Waals surface area contributed by atoms with E-state index in [2.05, 4.69) is 4.74 Å². The maximum atomic E-state index is 11.7. The molecule has 2 aliphatic rings. The molecule has 0 spiro atoms. The molecule has 2 saturated heterocycles. The molecular formula is C23H34O11. The zero-order chi connectivity index (χ0) is 25.7. The van der Waals surface area contributed by atoms with Gasteiger partial charge in [0.05, 0.1) is 37.3 Å². The first-order valence-electron chi connectivity index (χ1n) is 11.1. The van der Waals surface area contributed by atoms with E-state index in [-0.39, 0.29) is 32.1 Å². The van der Waals surface area contributed by atoms with Crippen molar-refractivity contribution in [3.63, 3.8) is 0 Å². The van der Waals surface area contributed by atoms with Crippen LogP contribution in [0.2, 0.25) is 0 Å². The topological polar surface area (TPSA) is 166 Å². The fourth-order valence-electron chi connectivity index (χ4n) is 4.53. The lowest BCUT2D eigenvalue weighted by Crippen LogP contribution is -2.62. The number of methoxy groups -OCH3 is 1. The van der Waals surface area contributed by atoms with Crippen LogP contribution in [0.15, 0.2) is 11.6 Å². The van der Waals surface area contributed by atoms with E-state index in [1.54, 1.807) is 13.8 Å². The van der Waals surface area contributed by atoms with Gasteiger partial charge in [-0.05, 0) is 6.42 Å². The van der Waals surface area contributed by atoms with Crippen LogP contribution in [0.5, 0.6) is 0 Å². The van der Waals surface area contributed by atoms with Crippen LogP contribution in [0.1, 0.15) is 59.3 Å². The van der Waals surface area contributed by atoms with E-state index in [0.717, 1.165) is 0 Å². The normalized spacial score (nSPS) is 33.1. The van der Waals surface area contributed by atoms with Crippen LogP contribution in [0.3, 0.4) is 0 Å². The number of hydrogen-bond donors (Lipinski definition) is 3. The predicted octanol–water partition coefficient (Wildman–Crippen LogP) is 0.884. The number of carbonyl (C=O) groups is 4. The summed E-state index contributed by atoms with van der Waals surface area (Å²) >= 11 is 0. The van der Waals surface area contributed by atoms with Crippen LogP contribution in [0.25, 0.3) is 0 Å². The highest BCUT2D eigenvalue weighted by atomic mass is 16.6. The van der Waals surface area contributed by atoms with E-state index in [1.165, 1.54) is 20.1 Å². The van der Waals surface area contributed by atoms with Crippen LogP contribution in [0.4, 0.5) is 0 Å². The second kappa shape index (κ2) is 11.4. The van der Waals surface area contributed by atoms with Crippen LogP contribution >= 0.6 is 0 Å². The molecule has 11 nitrogen and oxygen atoms in total. The second-order valence-corrected chi connectivity index (χ2v) is 9.44. The number of esters is 2. The SMILES string of the molecule is COC(=O)/C=C1/C[C@@H](C[C@]2(O)O[C@H](C[C@@H](O)CC(=O)O)C[C@H](OC(C)=O)C2(C)C)O[C@@H](C=O)C1. The van der Waals surface area contributed by atoms with Gasteiger partial charge in [-0.1, -0.05) is 19.4 Å². The number of carboxylic acids is 1. The van der Waals surface area contributed by atoms with Gasteiger partial charge in [0.15, 0.2) is 5.79 Å². The Labute approximate surface area is 198 Å². The lowest BCUT2D eigenvalue weighted by Gasteiger charge is -2.53. The van der Waals surface area contributed by atoms with Gasteiger partial charge in [0, 0.05) is 38.7 Å². The van der Waals surface area contributed by atoms with Crippen molar-refractivity contribution >= 4 is 24.2 Å². The average molecular weight is 487 g/mol. The largest absolute Gasteiger partial charge is 0.481 e. The smallest absolute Gasteiger partial charge is 0.330 e. The van der Waals surface area contributed by atoms with Gasteiger partial charge >= 0.3 is 17.9 Å². The molecule has 0 aromatic heterocycles. The summed E-state index contributed by atoms with van der Waals surface area (Å²) in [6.07, 6.45) is -2.66. The number of aliphatic hydroxyl groups is 2. The minimum atomic E-state index is -1.93. The summed E-state index contributed by atoms with van der Waals surface area (Å²) in [6.45, 7) is 4.56. The van der Waals surface area contributed by atoms with Crippen molar-refractivity contribution in [2.24, 2.45) is 5.41 Å². The molecule has 2 fully saturated rings. The zero-order valence-electron chi connectivity index (χ0n) is 19.9. The number of carbonyl (C=O) groups excluding carboxylic acids is 3. The summed E-state index contributed by atoms with van der Waals surface area (Å²) < 4.78 is 21.9. The van der Waals surface area contributed by atoms with Crippen LogP contribution in [0, 0.1) is 5.41 Å². The second-order valence-electron chi connectivity index (χ2n) is 9.44. The third kappa shape index (κ3) is 7.08. The number of aliphatic hydroxyl groups excluding tert-OH is 1. The summed E-state index contributed by atoms with van der Waals surface area (Å²) in [4.78, 5) is 45.8. The lowest BCUT2D eigenvalue weighted by atomic mass is 9.70. The highest BCUT2D eigenvalue weighted by molar-refractivity contribution is 5.82. The van der Waals surface area contributed by atoms with E-state index in [9.17, 15) is 29.4 Å². The van der Waals surface area contributed by atoms with Gasteiger partial charge in [0.25, 0.3) is 0 Å².